The van der Waals surface area contributed by atoms with E-state index in [2.05, 4.69) is 6.58 Å². The molecule has 0 aromatic heterocycles. The van der Waals surface area contributed by atoms with Crippen molar-refractivity contribution in [3.8, 4) is 0 Å². The smallest absolute Gasteiger partial charge is 0.330 e. The fourth-order valence-corrected chi connectivity index (χ4v) is 2.85. The Morgan fingerprint density at radius 1 is 1.69 bits per heavy atom. The van der Waals surface area contributed by atoms with Gasteiger partial charge >= 0.3 is 5.97 Å². The highest BCUT2D eigenvalue weighted by Crippen LogP contribution is 2.39. The van der Waals surface area contributed by atoms with Gasteiger partial charge in [0.05, 0.1) is 11.8 Å². The van der Waals surface area contributed by atoms with Gasteiger partial charge < -0.3 is 10.0 Å². The number of carbonyl (C=O) groups is 2. The van der Waals surface area contributed by atoms with Crippen LogP contribution in [0.5, 0.6) is 0 Å². The molecule has 2 rings (SSSR count). The molecule has 2 heterocycles. The van der Waals surface area contributed by atoms with Crippen LogP contribution in [0.3, 0.4) is 0 Å². The zero-order valence-corrected chi connectivity index (χ0v) is 7.71. The second-order valence-corrected chi connectivity index (χ2v) is 4.34. The monoisotopic (exact) mass is 199 g/mol. The van der Waals surface area contributed by atoms with Crippen molar-refractivity contribution < 1.29 is 14.7 Å². The number of carboxylic acid groups (broad SMARTS) is 1. The molecule has 0 bridgehead atoms. The van der Waals surface area contributed by atoms with Crippen molar-refractivity contribution in [2.75, 3.05) is 5.75 Å². The minimum Gasteiger partial charge on any atom is -0.479 e. The van der Waals surface area contributed by atoms with Gasteiger partial charge in [-0.25, -0.2) is 4.79 Å². The average Bonchev–Trinajstić information content (AvgIpc) is 2.05. The van der Waals surface area contributed by atoms with Crippen molar-refractivity contribution in [2.45, 2.75) is 17.8 Å². The minimum atomic E-state index is -0.969. The molecule has 2 saturated heterocycles. The lowest BCUT2D eigenvalue weighted by Crippen LogP contribution is -2.61. The summed E-state index contributed by atoms with van der Waals surface area (Å²) in [6.07, 6.45) is 0.474. The van der Waals surface area contributed by atoms with Gasteiger partial charge in [0.2, 0.25) is 5.91 Å². The average molecular weight is 199 g/mol. The van der Waals surface area contributed by atoms with E-state index in [4.69, 9.17) is 5.11 Å². The van der Waals surface area contributed by atoms with Crippen LogP contribution in [-0.4, -0.2) is 39.1 Å². The molecular weight excluding hydrogens is 190 g/mol. The molecule has 0 aromatic rings. The summed E-state index contributed by atoms with van der Waals surface area (Å²) in [7, 11) is 0. The highest BCUT2D eigenvalue weighted by Gasteiger charge is 2.48. The van der Waals surface area contributed by atoms with Crippen molar-refractivity contribution in [3.05, 3.63) is 12.2 Å². The highest BCUT2D eigenvalue weighted by atomic mass is 32.2. The Morgan fingerprint density at radius 3 is 2.85 bits per heavy atom. The van der Waals surface area contributed by atoms with E-state index in [0.29, 0.717) is 17.7 Å². The molecule has 2 aliphatic rings. The predicted octanol–water partition coefficient (Wildman–Crippen LogP) is 0.301. The molecule has 70 valence electrons. The first-order valence-electron chi connectivity index (χ1n) is 3.94. The molecule has 4 nitrogen and oxygen atoms in total. The fraction of sp³-hybridized carbons (Fsp3) is 0.500. The molecule has 0 aromatic carbocycles. The van der Waals surface area contributed by atoms with Crippen LogP contribution in [0.25, 0.3) is 0 Å². The summed E-state index contributed by atoms with van der Waals surface area (Å²) in [5.74, 6) is -0.403. The molecule has 1 N–H and O–H groups in total. The number of rotatable bonds is 1. The van der Waals surface area contributed by atoms with Crippen LogP contribution in [0.4, 0.5) is 0 Å². The van der Waals surface area contributed by atoms with Crippen molar-refractivity contribution in [2.24, 2.45) is 0 Å². The van der Waals surface area contributed by atoms with E-state index < -0.39 is 12.0 Å². The van der Waals surface area contributed by atoms with Gasteiger partial charge in [-0.05, 0) is 5.57 Å². The van der Waals surface area contributed by atoms with Gasteiger partial charge in [-0.3, -0.25) is 4.79 Å². The Labute approximate surface area is 79.6 Å². The van der Waals surface area contributed by atoms with Gasteiger partial charge in [-0.1, -0.05) is 6.58 Å². The second kappa shape index (κ2) is 2.77. The molecule has 1 amide bonds. The fourth-order valence-electron chi connectivity index (χ4n) is 1.62. The summed E-state index contributed by atoms with van der Waals surface area (Å²) < 4.78 is 0. The lowest BCUT2D eigenvalue weighted by atomic mass is 10.0. The zero-order valence-electron chi connectivity index (χ0n) is 6.90. The van der Waals surface area contributed by atoms with Crippen molar-refractivity contribution in [1.82, 2.24) is 4.90 Å². The molecule has 5 heteroatoms. The number of carbonyl (C=O) groups excluding carboxylic acids is 1. The summed E-state index contributed by atoms with van der Waals surface area (Å²) in [4.78, 5) is 23.4. The lowest BCUT2D eigenvalue weighted by Gasteiger charge is -2.47. The lowest BCUT2D eigenvalue weighted by molar-refractivity contribution is -0.156. The van der Waals surface area contributed by atoms with Crippen LogP contribution in [0.1, 0.15) is 6.42 Å². The van der Waals surface area contributed by atoms with E-state index in [9.17, 15) is 9.59 Å². The molecule has 2 atom stereocenters. The van der Waals surface area contributed by atoms with Crippen molar-refractivity contribution in [3.63, 3.8) is 0 Å². The first kappa shape index (κ1) is 8.62. The standard InChI is InChI=1S/C8H9NO3S/c1-4-3-13-6-2-5(10)9(6)7(4)8(11)12/h6-7H,1-3H2,(H,11,12)/t6-,7-/m1/s1. The van der Waals surface area contributed by atoms with Crippen molar-refractivity contribution in [1.29, 1.82) is 0 Å². The van der Waals surface area contributed by atoms with Crippen LogP contribution >= 0.6 is 11.8 Å². The highest BCUT2D eigenvalue weighted by molar-refractivity contribution is 8.00. The number of amides is 1. The normalized spacial score (nSPS) is 32.5. The number of carboxylic acids is 1. The number of hydrogen-bond acceptors (Lipinski definition) is 3. The van der Waals surface area contributed by atoms with Gasteiger partial charge in [0, 0.05) is 5.75 Å². The van der Waals surface area contributed by atoms with E-state index in [1.807, 2.05) is 0 Å². The molecule has 2 fully saturated rings. The molecule has 0 spiro atoms. The first-order valence-corrected chi connectivity index (χ1v) is 4.99. The number of hydrogen-bond donors (Lipinski definition) is 1. The molecular formula is C8H9NO3S. The van der Waals surface area contributed by atoms with Gasteiger partial charge in [0.1, 0.15) is 0 Å². The maximum absolute atomic E-state index is 11.1. The number of fused-ring (bicyclic) bond motifs is 1. The van der Waals surface area contributed by atoms with Gasteiger partial charge in [-0.2, -0.15) is 0 Å². The van der Waals surface area contributed by atoms with E-state index in [-0.39, 0.29) is 11.3 Å². The van der Waals surface area contributed by atoms with Crippen LogP contribution in [0.15, 0.2) is 12.2 Å². The van der Waals surface area contributed by atoms with Crippen LogP contribution in [-0.2, 0) is 9.59 Å². The van der Waals surface area contributed by atoms with Gasteiger partial charge in [0.25, 0.3) is 0 Å². The van der Waals surface area contributed by atoms with E-state index in [1.54, 1.807) is 11.8 Å². The Hall–Kier alpha value is -0.970. The maximum atomic E-state index is 11.1. The quantitative estimate of drug-likeness (QED) is 0.487. The Kier molecular flexibility index (Phi) is 1.83. The van der Waals surface area contributed by atoms with Crippen LogP contribution in [0.2, 0.25) is 0 Å². The largest absolute Gasteiger partial charge is 0.479 e. The Morgan fingerprint density at radius 2 is 2.38 bits per heavy atom. The molecule has 0 aliphatic carbocycles. The SMILES string of the molecule is C=C1CS[C@@H]2CC(=O)N2[C@H]1C(=O)O. The third-order valence-electron chi connectivity index (χ3n) is 2.31. The summed E-state index contributed by atoms with van der Waals surface area (Å²) in [6, 6.07) is -0.785. The van der Waals surface area contributed by atoms with Crippen molar-refractivity contribution >= 4 is 23.6 Å². The second-order valence-electron chi connectivity index (χ2n) is 3.17. The van der Waals surface area contributed by atoms with E-state index in [1.165, 1.54) is 4.90 Å². The number of β-lactam (4-membered cyclic amide) rings is 1. The topological polar surface area (TPSA) is 57.6 Å². The number of aliphatic carboxylic acids is 1. The maximum Gasteiger partial charge on any atom is 0.330 e. The molecule has 0 unspecified atom stereocenters. The molecule has 0 saturated carbocycles. The predicted molar refractivity (Wildman–Crippen MR) is 48.3 cm³/mol. The van der Waals surface area contributed by atoms with Gasteiger partial charge in [-0.15, -0.1) is 11.8 Å². The van der Waals surface area contributed by atoms with Crippen LogP contribution < -0.4 is 0 Å². The zero-order chi connectivity index (χ0) is 9.59. The molecule has 2 aliphatic heterocycles. The third kappa shape index (κ3) is 1.14. The number of thioether (sulfide) groups is 1. The first-order chi connectivity index (χ1) is 6.11. The van der Waals surface area contributed by atoms with Gasteiger partial charge in [0.15, 0.2) is 6.04 Å². The van der Waals surface area contributed by atoms with E-state index >= 15 is 0 Å². The molecule has 0 radical (unpaired) electrons. The molecule has 13 heavy (non-hydrogen) atoms. The Bertz CT molecular complexity index is 302. The summed E-state index contributed by atoms with van der Waals surface area (Å²) >= 11 is 1.59. The third-order valence-corrected chi connectivity index (χ3v) is 3.62. The van der Waals surface area contributed by atoms with Crippen LogP contribution in [0, 0.1) is 0 Å². The Balaban J connectivity index is 2.24. The summed E-state index contributed by atoms with van der Waals surface area (Å²) in [6.45, 7) is 3.67. The summed E-state index contributed by atoms with van der Waals surface area (Å²) in [5, 5.41) is 8.95. The van der Waals surface area contributed by atoms with E-state index in [0.717, 1.165) is 0 Å². The minimum absolute atomic E-state index is 0.0686. The summed E-state index contributed by atoms with van der Waals surface area (Å²) in [5.41, 5.74) is 0.613. The number of nitrogens with zero attached hydrogens (tertiary/aromatic N) is 1.